The first-order valence-corrected chi connectivity index (χ1v) is 8.97. The van der Waals surface area contributed by atoms with Crippen molar-refractivity contribution in [3.8, 4) is 0 Å². The molecule has 1 saturated heterocycles. The SMILES string of the molecule is CC[C@@H](O)CN1CCCC(c2nc3ccccc3n2C(C)C)C1. The highest BCUT2D eigenvalue weighted by atomic mass is 16.3. The van der Waals surface area contributed by atoms with Crippen LogP contribution in [0.2, 0.25) is 0 Å². The second-order valence-electron chi connectivity index (χ2n) is 7.08. The van der Waals surface area contributed by atoms with Crippen molar-refractivity contribution in [2.45, 2.75) is 58.1 Å². The number of hydrogen-bond donors (Lipinski definition) is 1. The molecule has 1 aliphatic rings. The third-order valence-electron chi connectivity index (χ3n) is 4.95. The Hall–Kier alpha value is -1.39. The number of piperidine rings is 1. The predicted octanol–water partition coefficient (Wildman–Crippen LogP) is 3.57. The molecule has 23 heavy (non-hydrogen) atoms. The minimum Gasteiger partial charge on any atom is -0.392 e. The smallest absolute Gasteiger partial charge is 0.114 e. The van der Waals surface area contributed by atoms with Crippen LogP contribution in [0.4, 0.5) is 0 Å². The number of β-amino-alcohol motifs (C(OH)–C–C–N with tert-alkyl or cyclic N) is 1. The minimum atomic E-state index is -0.210. The van der Waals surface area contributed by atoms with Crippen LogP contribution < -0.4 is 0 Å². The van der Waals surface area contributed by atoms with E-state index in [4.69, 9.17) is 4.98 Å². The maximum atomic E-state index is 9.96. The minimum absolute atomic E-state index is 0.210. The van der Waals surface area contributed by atoms with Crippen molar-refractivity contribution >= 4 is 11.0 Å². The predicted molar refractivity (Wildman–Crippen MR) is 94.8 cm³/mol. The average Bonchev–Trinajstić information content (AvgIpc) is 2.94. The number of aliphatic hydroxyl groups excluding tert-OH is 1. The molecule has 1 N–H and O–H groups in total. The van der Waals surface area contributed by atoms with Gasteiger partial charge < -0.3 is 14.6 Å². The maximum absolute atomic E-state index is 9.96. The fraction of sp³-hybridized carbons (Fsp3) is 0.632. The van der Waals surface area contributed by atoms with Crippen LogP contribution in [-0.2, 0) is 0 Å². The fourth-order valence-corrected chi connectivity index (χ4v) is 3.75. The van der Waals surface area contributed by atoms with Gasteiger partial charge in [-0.05, 0) is 51.8 Å². The molecule has 2 aromatic rings. The maximum Gasteiger partial charge on any atom is 0.114 e. The van der Waals surface area contributed by atoms with Crippen molar-refractivity contribution in [2.24, 2.45) is 0 Å². The zero-order chi connectivity index (χ0) is 16.4. The molecule has 0 spiro atoms. The summed E-state index contributed by atoms with van der Waals surface area (Å²) in [6, 6.07) is 8.85. The summed E-state index contributed by atoms with van der Waals surface area (Å²) in [6.07, 6.45) is 2.99. The monoisotopic (exact) mass is 315 g/mol. The van der Waals surface area contributed by atoms with Gasteiger partial charge in [0.2, 0.25) is 0 Å². The zero-order valence-electron chi connectivity index (χ0n) is 14.6. The summed E-state index contributed by atoms with van der Waals surface area (Å²) in [5.41, 5.74) is 2.34. The Balaban J connectivity index is 1.88. The highest BCUT2D eigenvalue weighted by Crippen LogP contribution is 2.31. The van der Waals surface area contributed by atoms with Crippen LogP contribution in [0.3, 0.4) is 0 Å². The van der Waals surface area contributed by atoms with E-state index in [1.807, 2.05) is 6.92 Å². The van der Waals surface area contributed by atoms with Gasteiger partial charge in [0.15, 0.2) is 0 Å². The molecule has 1 fully saturated rings. The third kappa shape index (κ3) is 3.43. The molecular formula is C19H29N3O. The van der Waals surface area contributed by atoms with Gasteiger partial charge in [-0.15, -0.1) is 0 Å². The van der Waals surface area contributed by atoms with E-state index in [1.54, 1.807) is 0 Å². The molecule has 1 aliphatic heterocycles. The van der Waals surface area contributed by atoms with Crippen LogP contribution in [0.15, 0.2) is 24.3 Å². The van der Waals surface area contributed by atoms with Gasteiger partial charge in [-0.1, -0.05) is 19.1 Å². The number of benzene rings is 1. The van der Waals surface area contributed by atoms with Crippen LogP contribution in [0, 0.1) is 0 Å². The molecule has 1 aromatic carbocycles. The van der Waals surface area contributed by atoms with Gasteiger partial charge in [0.05, 0.1) is 17.1 Å². The van der Waals surface area contributed by atoms with Crippen LogP contribution in [0.1, 0.15) is 57.8 Å². The van der Waals surface area contributed by atoms with Crippen molar-refractivity contribution in [1.82, 2.24) is 14.5 Å². The number of para-hydroxylation sites is 2. The molecule has 0 aliphatic carbocycles. The van der Waals surface area contributed by atoms with Gasteiger partial charge in [0.25, 0.3) is 0 Å². The molecule has 3 rings (SSSR count). The van der Waals surface area contributed by atoms with E-state index in [9.17, 15) is 5.11 Å². The Morgan fingerprint density at radius 3 is 2.83 bits per heavy atom. The standard InChI is InChI=1S/C19H29N3O/c1-4-16(23)13-21-11-7-8-15(12-21)19-20-17-9-5-6-10-18(17)22(19)14(2)3/h5-6,9-10,14-16,23H,4,7-8,11-13H2,1-3H3/t15?,16-/m1/s1. The van der Waals surface area contributed by atoms with Crippen LogP contribution in [0.5, 0.6) is 0 Å². The summed E-state index contributed by atoms with van der Waals surface area (Å²) in [7, 11) is 0. The Bertz CT molecular complexity index is 649. The van der Waals surface area contributed by atoms with Gasteiger partial charge in [-0.25, -0.2) is 4.98 Å². The van der Waals surface area contributed by atoms with Crippen molar-refractivity contribution in [2.75, 3.05) is 19.6 Å². The highest BCUT2D eigenvalue weighted by molar-refractivity contribution is 5.76. The van der Waals surface area contributed by atoms with E-state index < -0.39 is 0 Å². The topological polar surface area (TPSA) is 41.3 Å². The molecule has 4 nitrogen and oxygen atoms in total. The average molecular weight is 315 g/mol. The molecule has 0 saturated carbocycles. The van der Waals surface area contributed by atoms with E-state index in [-0.39, 0.29) is 6.10 Å². The second-order valence-corrected chi connectivity index (χ2v) is 7.08. The number of aromatic nitrogens is 2. The Morgan fingerprint density at radius 2 is 2.09 bits per heavy atom. The lowest BCUT2D eigenvalue weighted by molar-refractivity contribution is 0.0913. The molecule has 2 heterocycles. The molecule has 0 bridgehead atoms. The van der Waals surface area contributed by atoms with Crippen LogP contribution in [-0.4, -0.2) is 45.3 Å². The Labute approximate surface area is 139 Å². The van der Waals surface area contributed by atoms with Crippen molar-refractivity contribution < 1.29 is 5.11 Å². The van der Waals surface area contributed by atoms with Gasteiger partial charge in [-0.3, -0.25) is 0 Å². The van der Waals surface area contributed by atoms with Gasteiger partial charge in [-0.2, -0.15) is 0 Å². The van der Waals surface area contributed by atoms with Crippen molar-refractivity contribution in [1.29, 1.82) is 0 Å². The molecule has 126 valence electrons. The lowest BCUT2D eigenvalue weighted by Crippen LogP contribution is -2.40. The largest absolute Gasteiger partial charge is 0.392 e. The highest BCUT2D eigenvalue weighted by Gasteiger charge is 2.27. The molecular weight excluding hydrogens is 286 g/mol. The summed E-state index contributed by atoms with van der Waals surface area (Å²) in [4.78, 5) is 7.37. The zero-order valence-corrected chi connectivity index (χ0v) is 14.6. The Kier molecular flexibility index (Phi) is 5.02. The lowest BCUT2D eigenvalue weighted by Gasteiger charge is -2.34. The normalized spacial score (nSPS) is 21.2. The summed E-state index contributed by atoms with van der Waals surface area (Å²) >= 11 is 0. The van der Waals surface area contributed by atoms with Gasteiger partial charge in [0, 0.05) is 25.0 Å². The fourth-order valence-electron chi connectivity index (χ4n) is 3.75. The first-order chi connectivity index (χ1) is 11.1. The number of imidazole rings is 1. The first-order valence-electron chi connectivity index (χ1n) is 8.97. The molecule has 1 aromatic heterocycles. The molecule has 4 heteroatoms. The molecule has 0 amide bonds. The Morgan fingerprint density at radius 1 is 1.30 bits per heavy atom. The van der Waals surface area contributed by atoms with E-state index in [0.29, 0.717) is 12.0 Å². The van der Waals surface area contributed by atoms with Crippen molar-refractivity contribution in [3.05, 3.63) is 30.1 Å². The number of hydrogen-bond acceptors (Lipinski definition) is 3. The number of fused-ring (bicyclic) bond motifs is 1. The molecule has 2 atom stereocenters. The third-order valence-corrected chi connectivity index (χ3v) is 4.95. The lowest BCUT2D eigenvalue weighted by atomic mass is 9.96. The summed E-state index contributed by atoms with van der Waals surface area (Å²) < 4.78 is 2.40. The molecule has 0 radical (unpaired) electrons. The molecule has 1 unspecified atom stereocenters. The van der Waals surface area contributed by atoms with Crippen molar-refractivity contribution in [3.63, 3.8) is 0 Å². The van der Waals surface area contributed by atoms with E-state index >= 15 is 0 Å². The van der Waals surface area contributed by atoms with E-state index in [2.05, 4.69) is 47.6 Å². The second kappa shape index (κ2) is 7.02. The number of nitrogens with zero attached hydrogens (tertiary/aromatic N) is 3. The summed E-state index contributed by atoms with van der Waals surface area (Å²) in [5.74, 6) is 1.68. The van der Waals surface area contributed by atoms with Gasteiger partial charge >= 0.3 is 0 Å². The number of rotatable bonds is 5. The number of likely N-dealkylation sites (tertiary alicyclic amines) is 1. The quantitative estimate of drug-likeness (QED) is 0.917. The van der Waals surface area contributed by atoms with E-state index in [1.165, 1.54) is 24.2 Å². The number of aliphatic hydroxyl groups is 1. The van der Waals surface area contributed by atoms with E-state index in [0.717, 1.165) is 31.6 Å². The van der Waals surface area contributed by atoms with Crippen LogP contribution >= 0.6 is 0 Å². The summed E-state index contributed by atoms with van der Waals surface area (Å²) in [5, 5.41) is 9.96. The van der Waals surface area contributed by atoms with Gasteiger partial charge in [0.1, 0.15) is 5.82 Å². The first kappa shape index (κ1) is 16.5. The summed E-state index contributed by atoms with van der Waals surface area (Å²) in [6.45, 7) is 9.40. The van der Waals surface area contributed by atoms with Crippen LogP contribution in [0.25, 0.3) is 11.0 Å².